The van der Waals surface area contributed by atoms with Gasteiger partial charge in [-0.1, -0.05) is 0 Å². The van der Waals surface area contributed by atoms with Gasteiger partial charge in [0, 0.05) is 129 Å². The Morgan fingerprint density at radius 2 is 0.250 bits per heavy atom. The van der Waals surface area contributed by atoms with E-state index in [1.807, 2.05) is 0 Å². The van der Waals surface area contributed by atoms with E-state index >= 15 is 0 Å². The molecule has 0 aromatic heterocycles. The normalized spacial score (nSPS) is 0. The van der Waals surface area contributed by atoms with Crippen molar-refractivity contribution in [1.29, 1.82) is 0 Å². The third kappa shape index (κ3) is 38.6. The van der Waals surface area contributed by atoms with Crippen molar-refractivity contribution in [2.24, 2.45) is 0 Å². The number of rotatable bonds is 0. The van der Waals surface area contributed by atoms with Gasteiger partial charge in [-0.05, 0) is 0 Å². The molecule has 0 aliphatic rings. The second-order valence-electron chi connectivity index (χ2n) is 0. The van der Waals surface area contributed by atoms with E-state index in [9.17, 15) is 0 Å². The fourth-order valence-electron chi connectivity index (χ4n) is 0. The Hall–Kier alpha value is 6.75. The predicted molar refractivity (Wildman–Crippen MR) is 25.6 cm³/mol. The molecule has 0 unspecified atom stereocenters. The summed E-state index contributed by atoms with van der Waals surface area (Å²) in [7, 11) is 0. The zero-order chi connectivity index (χ0) is 0. The van der Waals surface area contributed by atoms with Crippen molar-refractivity contribution < 1.29 is 129 Å². The molecule has 0 fully saturated rings. The molecule has 0 aromatic rings. The Balaban J connectivity index is 0. The molecule has 0 aliphatic carbocycles. The second-order valence-corrected chi connectivity index (χ2v) is 0. The monoisotopic (exact) mass is 1270 g/mol. The van der Waals surface area contributed by atoms with Crippen LogP contribution in [-0.2, 0) is 129 Å². The van der Waals surface area contributed by atoms with Gasteiger partial charge in [0.2, 0.25) is 0 Å². The molecule has 0 rings (SSSR count). The third-order valence-corrected chi connectivity index (χ3v) is 0. The summed E-state index contributed by atoms with van der Waals surface area (Å²) in [5, 5.41) is 0. The Morgan fingerprint density at radius 3 is 0.250 bits per heavy atom. The average Bonchev–Trinajstić information content (AvgIpc) is 0. The molecule has 0 heterocycles. The van der Waals surface area contributed by atoms with Gasteiger partial charge in [-0.3, -0.25) is 0 Å². The van der Waals surface area contributed by atoms with Crippen LogP contribution >= 0.6 is 0 Å². The molecule has 8 heavy (non-hydrogen) atoms. The summed E-state index contributed by atoms with van der Waals surface area (Å²) in [5.41, 5.74) is 0. The molecular weight excluding hydrogens is 1250 g/mol. The van der Waals surface area contributed by atoms with Crippen molar-refractivity contribution in [3.05, 3.63) is 0 Å². The predicted octanol–water partition coefficient (Wildman–Crippen LogP) is -2.76. The number of hydrogen-bond donors (Lipinski definition) is 0. The van der Waals surface area contributed by atoms with Crippen molar-refractivity contribution >= 4 is 71.7 Å². The van der Waals surface area contributed by atoms with E-state index in [4.69, 9.17) is 0 Å². The molecule has 0 aliphatic heterocycles. The topological polar surface area (TPSA) is 0 Å². The van der Waals surface area contributed by atoms with Crippen LogP contribution in [0, 0.1) is 0 Å². The van der Waals surface area contributed by atoms with Gasteiger partial charge < -0.3 is 0 Å². The first kappa shape index (κ1) is 61.2. The van der Waals surface area contributed by atoms with Crippen LogP contribution in [0.15, 0.2) is 0 Å². The van der Waals surface area contributed by atoms with E-state index in [0.29, 0.717) is 0 Å². The average molecular weight is 1250 g/mol. The molecule has 6 radical (unpaired) electrons. The summed E-state index contributed by atoms with van der Waals surface area (Å²) in [6, 6.07) is 0. The minimum atomic E-state index is 0. The van der Waals surface area contributed by atoms with Crippen LogP contribution in [0.1, 0.15) is 0 Å². The summed E-state index contributed by atoms with van der Waals surface area (Å²) < 4.78 is 0. The quantitative estimate of drug-likeness (QED) is 0.231. The molecule has 8 heteroatoms. The molecule has 0 bridgehead atoms. The van der Waals surface area contributed by atoms with Crippen molar-refractivity contribution in [3.63, 3.8) is 0 Å². The van der Waals surface area contributed by atoms with Crippen LogP contribution in [0.4, 0.5) is 0 Å². The Bertz CT molecular complexity index is 7.64. The molecule has 0 amide bonds. The van der Waals surface area contributed by atoms with Gasteiger partial charge in [-0.2, -0.15) is 0 Å². The molecule has 0 nitrogen and oxygen atoms in total. The molecule has 0 aromatic carbocycles. The van der Waals surface area contributed by atoms with Crippen LogP contribution in [0.3, 0.4) is 0 Å². The maximum absolute atomic E-state index is 0. The zero-order valence-electron chi connectivity index (χ0n) is 4.62. The molecule has 0 atom stereocenters. The molecule has 38 valence electrons. The van der Waals surface area contributed by atoms with Crippen LogP contribution in [0.25, 0.3) is 0 Å². The summed E-state index contributed by atoms with van der Waals surface area (Å²) >= 11 is 0. The number of hydrogen-bond acceptors (Lipinski definition) is 0. The van der Waals surface area contributed by atoms with Gasteiger partial charge in [-0.15, -0.1) is 0 Å². The van der Waals surface area contributed by atoms with E-state index in [2.05, 4.69) is 0 Å². The van der Waals surface area contributed by atoms with Crippen LogP contribution in [-0.4, -0.2) is 71.7 Å². The minimum absolute atomic E-state index is 0. The standard InChI is InChI=1S/5Hf.3Sn.6H. The summed E-state index contributed by atoms with van der Waals surface area (Å²) in [5.74, 6) is 0. The zero-order valence-corrected chi connectivity index (χ0v) is 34.7. The van der Waals surface area contributed by atoms with Gasteiger partial charge in [0.15, 0.2) is 0 Å². The van der Waals surface area contributed by atoms with E-state index in [1.54, 1.807) is 0 Å². The Morgan fingerprint density at radius 1 is 0.250 bits per heavy atom. The van der Waals surface area contributed by atoms with Crippen LogP contribution in [0.2, 0.25) is 0 Å². The maximum atomic E-state index is 0. The fraction of sp³-hybridized carbons (Fsp3) is 0. The van der Waals surface area contributed by atoms with Crippen LogP contribution < -0.4 is 0 Å². The first-order valence-electron chi connectivity index (χ1n) is 0. The molecule has 0 saturated carbocycles. The van der Waals surface area contributed by atoms with E-state index in [-0.39, 0.29) is 201 Å². The molecular formula is H6Hf5Sn3. The summed E-state index contributed by atoms with van der Waals surface area (Å²) in [6.45, 7) is 0. The van der Waals surface area contributed by atoms with Crippen molar-refractivity contribution in [2.75, 3.05) is 0 Å². The molecule has 0 saturated heterocycles. The van der Waals surface area contributed by atoms with Gasteiger partial charge in [0.05, 0.1) is 0 Å². The van der Waals surface area contributed by atoms with E-state index in [1.165, 1.54) is 0 Å². The second kappa shape index (κ2) is 49.1. The van der Waals surface area contributed by atoms with Crippen molar-refractivity contribution in [3.8, 4) is 0 Å². The van der Waals surface area contributed by atoms with Gasteiger partial charge in [0.1, 0.15) is 0 Å². The summed E-state index contributed by atoms with van der Waals surface area (Å²) in [4.78, 5) is 0. The van der Waals surface area contributed by atoms with Crippen molar-refractivity contribution in [2.45, 2.75) is 0 Å². The van der Waals surface area contributed by atoms with E-state index < -0.39 is 0 Å². The van der Waals surface area contributed by atoms with Gasteiger partial charge in [0.25, 0.3) is 0 Å². The Labute approximate surface area is 195 Å². The SMILES string of the molecule is [Hf].[Hf].[Hf].[Hf].[Hf].[SnH2].[SnH2].[SnH2]. The van der Waals surface area contributed by atoms with Gasteiger partial charge >= 0.3 is 71.7 Å². The van der Waals surface area contributed by atoms with E-state index in [0.717, 1.165) is 0 Å². The summed E-state index contributed by atoms with van der Waals surface area (Å²) in [6.07, 6.45) is 0. The van der Waals surface area contributed by atoms with Crippen LogP contribution in [0.5, 0.6) is 0 Å². The first-order valence-corrected chi connectivity index (χ1v) is 0. The Kier molecular flexibility index (Phi) is 376. The third-order valence-electron chi connectivity index (χ3n) is 0. The molecule has 0 spiro atoms. The molecule has 0 N–H and O–H groups in total. The van der Waals surface area contributed by atoms with Crippen molar-refractivity contribution in [1.82, 2.24) is 0 Å². The fourth-order valence-corrected chi connectivity index (χ4v) is 0. The first-order chi connectivity index (χ1) is 0. The van der Waals surface area contributed by atoms with Gasteiger partial charge in [-0.25, -0.2) is 0 Å².